The molecule has 3 heteroatoms. The maximum atomic E-state index is 12.3. The lowest BCUT2D eigenvalue weighted by Gasteiger charge is -2.38. The fourth-order valence-corrected chi connectivity index (χ4v) is 3.44. The van der Waals surface area contributed by atoms with Gasteiger partial charge in [-0.1, -0.05) is 58.8 Å². The number of likely N-dealkylation sites (tertiary alicyclic amines) is 1. The molecule has 124 valence electrons. The van der Waals surface area contributed by atoms with Gasteiger partial charge in [0.25, 0.3) is 0 Å². The molecular weight excluding hydrogens is 260 g/mol. The van der Waals surface area contributed by atoms with Crippen molar-refractivity contribution in [3.8, 4) is 0 Å². The molecule has 0 bridgehead atoms. The summed E-state index contributed by atoms with van der Waals surface area (Å²) >= 11 is 0. The van der Waals surface area contributed by atoms with Crippen LogP contribution >= 0.6 is 0 Å². The van der Waals surface area contributed by atoms with Gasteiger partial charge in [0.15, 0.2) is 0 Å². The van der Waals surface area contributed by atoms with Crippen molar-refractivity contribution in [2.24, 2.45) is 5.92 Å². The zero-order chi connectivity index (χ0) is 15.5. The lowest BCUT2D eigenvalue weighted by atomic mass is 9.90. The molecule has 21 heavy (non-hydrogen) atoms. The van der Waals surface area contributed by atoms with Crippen molar-refractivity contribution >= 4 is 5.91 Å². The van der Waals surface area contributed by atoms with Gasteiger partial charge < -0.3 is 10.2 Å². The molecule has 0 aliphatic carbocycles. The largest absolute Gasteiger partial charge is 0.342 e. The molecular formula is C18H36N2O. The second-order valence-corrected chi connectivity index (χ2v) is 6.56. The standard InChI is InChI=1S/C18H36N2O/c1-4-6-7-8-9-10-11-12-18(21)20-14-13-17(19-3)16(5-2)15-20/h16-17,19H,4-15H2,1-3H3. The lowest BCUT2D eigenvalue weighted by Crippen LogP contribution is -2.50. The van der Waals surface area contributed by atoms with E-state index in [1.54, 1.807) is 0 Å². The number of rotatable bonds is 10. The molecule has 2 unspecified atom stereocenters. The smallest absolute Gasteiger partial charge is 0.222 e. The summed E-state index contributed by atoms with van der Waals surface area (Å²) in [5.41, 5.74) is 0. The van der Waals surface area contributed by atoms with Crippen molar-refractivity contribution in [3.05, 3.63) is 0 Å². The molecule has 1 N–H and O–H groups in total. The first-order valence-electron chi connectivity index (χ1n) is 9.17. The average Bonchev–Trinajstić information content (AvgIpc) is 2.53. The quantitative estimate of drug-likeness (QED) is 0.619. The molecule has 1 rings (SSSR count). The summed E-state index contributed by atoms with van der Waals surface area (Å²) in [5, 5.41) is 3.40. The van der Waals surface area contributed by atoms with Crippen LogP contribution in [0, 0.1) is 5.92 Å². The van der Waals surface area contributed by atoms with Crippen molar-refractivity contribution < 1.29 is 4.79 Å². The van der Waals surface area contributed by atoms with Crippen molar-refractivity contribution in [2.75, 3.05) is 20.1 Å². The fourth-order valence-electron chi connectivity index (χ4n) is 3.44. The Bertz CT molecular complexity index is 280. The van der Waals surface area contributed by atoms with Crippen molar-refractivity contribution in [2.45, 2.75) is 84.1 Å². The van der Waals surface area contributed by atoms with Gasteiger partial charge in [0.05, 0.1) is 0 Å². The summed E-state index contributed by atoms with van der Waals surface area (Å²) < 4.78 is 0. The molecule has 1 saturated heterocycles. The molecule has 0 aromatic carbocycles. The Morgan fingerprint density at radius 1 is 1.10 bits per heavy atom. The Labute approximate surface area is 131 Å². The van der Waals surface area contributed by atoms with Gasteiger partial charge in [-0.05, 0) is 25.8 Å². The first-order valence-corrected chi connectivity index (χ1v) is 9.17. The zero-order valence-corrected chi connectivity index (χ0v) is 14.5. The molecule has 2 atom stereocenters. The minimum absolute atomic E-state index is 0.386. The van der Waals surface area contributed by atoms with Gasteiger partial charge in [0.2, 0.25) is 5.91 Å². The minimum Gasteiger partial charge on any atom is -0.342 e. The summed E-state index contributed by atoms with van der Waals surface area (Å²) in [6.45, 7) is 6.38. The Balaban J connectivity index is 2.15. The van der Waals surface area contributed by atoms with E-state index in [1.165, 1.54) is 38.5 Å². The third-order valence-corrected chi connectivity index (χ3v) is 4.98. The van der Waals surface area contributed by atoms with Crippen molar-refractivity contribution in [1.82, 2.24) is 10.2 Å². The minimum atomic E-state index is 0.386. The van der Waals surface area contributed by atoms with Gasteiger partial charge in [-0.3, -0.25) is 4.79 Å². The molecule has 1 aliphatic heterocycles. The molecule has 1 heterocycles. The second kappa shape index (κ2) is 11.1. The van der Waals surface area contributed by atoms with Crippen LogP contribution in [0.3, 0.4) is 0 Å². The van der Waals surface area contributed by atoms with Crippen molar-refractivity contribution in [3.63, 3.8) is 0 Å². The Kier molecular flexibility index (Phi) is 9.73. The van der Waals surface area contributed by atoms with E-state index < -0.39 is 0 Å². The number of nitrogens with one attached hydrogen (secondary N) is 1. The van der Waals surface area contributed by atoms with E-state index in [9.17, 15) is 4.79 Å². The van der Waals surface area contributed by atoms with Crippen molar-refractivity contribution in [1.29, 1.82) is 0 Å². The number of nitrogens with zero attached hydrogens (tertiary/aromatic N) is 1. The Morgan fingerprint density at radius 3 is 2.38 bits per heavy atom. The van der Waals surface area contributed by atoms with Gasteiger partial charge in [-0.25, -0.2) is 0 Å². The second-order valence-electron chi connectivity index (χ2n) is 6.56. The molecule has 0 aromatic rings. The van der Waals surface area contributed by atoms with Crippen LogP contribution in [0.1, 0.15) is 78.1 Å². The van der Waals surface area contributed by atoms with Crippen LogP contribution in [0.5, 0.6) is 0 Å². The average molecular weight is 296 g/mol. The number of carbonyl (C=O) groups excluding carboxylic acids is 1. The summed E-state index contributed by atoms with van der Waals surface area (Å²) in [7, 11) is 2.04. The Hall–Kier alpha value is -0.570. The number of unbranched alkanes of at least 4 members (excludes halogenated alkanes) is 6. The third kappa shape index (κ3) is 6.82. The van der Waals surface area contributed by atoms with E-state index in [1.807, 2.05) is 7.05 Å². The number of carbonyl (C=O) groups is 1. The normalized spacial score (nSPS) is 22.5. The monoisotopic (exact) mass is 296 g/mol. The van der Waals surface area contributed by atoms with E-state index in [0.717, 1.165) is 38.8 Å². The summed E-state index contributed by atoms with van der Waals surface area (Å²) in [6, 6.07) is 0.595. The molecule has 0 aromatic heterocycles. The van der Waals surface area contributed by atoms with Gasteiger partial charge >= 0.3 is 0 Å². The molecule has 0 saturated carbocycles. The highest BCUT2D eigenvalue weighted by molar-refractivity contribution is 5.76. The topological polar surface area (TPSA) is 32.3 Å². The van der Waals surface area contributed by atoms with E-state index in [0.29, 0.717) is 17.9 Å². The van der Waals surface area contributed by atoms with E-state index in [4.69, 9.17) is 0 Å². The first-order chi connectivity index (χ1) is 10.2. The lowest BCUT2D eigenvalue weighted by molar-refractivity contribution is -0.133. The maximum Gasteiger partial charge on any atom is 0.222 e. The maximum absolute atomic E-state index is 12.3. The molecule has 0 radical (unpaired) electrons. The number of piperidine rings is 1. The molecule has 0 spiro atoms. The van der Waals surface area contributed by atoms with Gasteiger partial charge in [-0.2, -0.15) is 0 Å². The predicted octanol–water partition coefficient (Wildman–Crippen LogP) is 3.97. The molecule has 3 nitrogen and oxygen atoms in total. The summed E-state index contributed by atoms with van der Waals surface area (Å²) in [5.74, 6) is 1.01. The number of hydrogen-bond donors (Lipinski definition) is 1. The first kappa shape index (κ1) is 18.5. The summed E-state index contributed by atoms with van der Waals surface area (Å²) in [6.07, 6.45) is 12.0. The van der Waals surface area contributed by atoms with Crippen LogP contribution in [0.25, 0.3) is 0 Å². The van der Waals surface area contributed by atoms with E-state index in [2.05, 4.69) is 24.1 Å². The highest BCUT2D eigenvalue weighted by atomic mass is 16.2. The van der Waals surface area contributed by atoms with Gasteiger partial charge in [0, 0.05) is 25.6 Å². The van der Waals surface area contributed by atoms with Crippen LogP contribution in [0.15, 0.2) is 0 Å². The highest BCUT2D eigenvalue weighted by Crippen LogP contribution is 2.21. The van der Waals surface area contributed by atoms with E-state index >= 15 is 0 Å². The number of hydrogen-bond acceptors (Lipinski definition) is 2. The molecule has 1 fully saturated rings. The van der Waals surface area contributed by atoms with Crippen LogP contribution in [0.2, 0.25) is 0 Å². The fraction of sp³-hybridized carbons (Fsp3) is 0.944. The number of amides is 1. The van der Waals surface area contributed by atoms with Crippen LogP contribution in [-0.4, -0.2) is 37.0 Å². The predicted molar refractivity (Wildman–Crippen MR) is 90.4 cm³/mol. The highest BCUT2D eigenvalue weighted by Gasteiger charge is 2.28. The molecule has 1 aliphatic rings. The van der Waals surface area contributed by atoms with Crippen LogP contribution < -0.4 is 5.32 Å². The van der Waals surface area contributed by atoms with Crippen LogP contribution in [-0.2, 0) is 4.79 Å². The Morgan fingerprint density at radius 2 is 1.76 bits per heavy atom. The third-order valence-electron chi connectivity index (χ3n) is 4.98. The summed E-state index contributed by atoms with van der Waals surface area (Å²) in [4.78, 5) is 14.4. The van der Waals surface area contributed by atoms with Gasteiger partial charge in [0.1, 0.15) is 0 Å². The molecule has 1 amide bonds. The zero-order valence-electron chi connectivity index (χ0n) is 14.5. The van der Waals surface area contributed by atoms with Gasteiger partial charge in [-0.15, -0.1) is 0 Å². The van der Waals surface area contributed by atoms with Crippen LogP contribution in [0.4, 0.5) is 0 Å². The SMILES string of the molecule is CCCCCCCCCC(=O)N1CCC(NC)C(CC)C1. The van der Waals surface area contributed by atoms with E-state index in [-0.39, 0.29) is 0 Å².